The van der Waals surface area contributed by atoms with Crippen molar-refractivity contribution in [2.75, 3.05) is 7.11 Å². The maximum atomic E-state index is 12.3. The Kier molecular flexibility index (Phi) is 15.2. The molecule has 0 fully saturated rings. The van der Waals surface area contributed by atoms with Crippen molar-refractivity contribution in [3.05, 3.63) is 108 Å². The minimum atomic E-state index is -0.962. The van der Waals surface area contributed by atoms with Crippen molar-refractivity contribution in [2.24, 2.45) is 5.73 Å². The summed E-state index contributed by atoms with van der Waals surface area (Å²) in [4.78, 5) is 34.9. The lowest BCUT2D eigenvalue weighted by Crippen LogP contribution is -2.44. The van der Waals surface area contributed by atoms with Crippen LogP contribution in [0.2, 0.25) is 0 Å². The average Bonchev–Trinajstić information content (AvgIpc) is 2.91. The van der Waals surface area contributed by atoms with Crippen molar-refractivity contribution in [1.82, 2.24) is 5.32 Å². The normalized spacial score (nSPS) is 13.0. The van der Waals surface area contributed by atoms with E-state index in [0.717, 1.165) is 11.1 Å². The Morgan fingerprint density at radius 1 is 0.784 bits per heavy atom. The Morgan fingerprint density at radius 3 is 1.59 bits per heavy atom. The summed E-state index contributed by atoms with van der Waals surface area (Å²) in [6, 6.07) is 26.2. The van der Waals surface area contributed by atoms with Crippen molar-refractivity contribution in [3.63, 3.8) is 0 Å². The molecule has 1 amide bonds. The number of carbonyl (C=O) groups is 3. The van der Waals surface area contributed by atoms with Gasteiger partial charge in [-0.15, -0.1) is 12.4 Å². The molecule has 0 spiro atoms. The van der Waals surface area contributed by atoms with Crippen molar-refractivity contribution in [2.45, 2.75) is 45.2 Å². The van der Waals surface area contributed by atoms with E-state index in [1.807, 2.05) is 80.6 Å². The Labute approximate surface area is 225 Å². The number of halogens is 1. The number of carboxylic acids is 1. The second-order valence-electron chi connectivity index (χ2n) is 8.10. The summed E-state index contributed by atoms with van der Waals surface area (Å²) in [7, 11) is 1.32. The van der Waals surface area contributed by atoms with Gasteiger partial charge in [0.2, 0.25) is 0 Å². The molecular weight excluding hydrogens is 492 g/mol. The first kappa shape index (κ1) is 33.3. The summed E-state index contributed by atoms with van der Waals surface area (Å²) in [6.45, 7) is 3.70. The minimum Gasteiger partial charge on any atom is -0.480 e. The lowest BCUT2D eigenvalue weighted by Gasteiger charge is -2.23. The molecule has 0 unspecified atom stereocenters. The van der Waals surface area contributed by atoms with Gasteiger partial charge in [-0.1, -0.05) is 100 Å². The summed E-state index contributed by atoms with van der Waals surface area (Å²) in [6.07, 6.45) is 0. The maximum absolute atomic E-state index is 12.3. The van der Waals surface area contributed by atoms with Crippen molar-refractivity contribution >= 4 is 30.3 Å². The molecule has 200 valence electrons. The number of hydrogen-bond acceptors (Lipinski definition) is 5. The largest absolute Gasteiger partial charge is 0.480 e. The van der Waals surface area contributed by atoms with Gasteiger partial charge in [0, 0.05) is 17.4 Å². The SMILES string of the molecule is C.COC(=O)[C@H](NC(=O)c1ccccc1)[C@@H](C)c1ccccc1.C[C@@H](c1ccccc1)[C@@H](N)C(=O)O.Cl. The van der Waals surface area contributed by atoms with Crippen LogP contribution >= 0.6 is 12.4 Å². The Balaban J connectivity index is 0.000000747. The molecule has 0 heterocycles. The van der Waals surface area contributed by atoms with Crippen LogP contribution in [0.4, 0.5) is 0 Å². The molecule has 0 bridgehead atoms. The molecule has 0 aliphatic rings. The van der Waals surface area contributed by atoms with Gasteiger partial charge in [0.05, 0.1) is 7.11 Å². The number of esters is 1. The average molecular weight is 529 g/mol. The first-order valence-electron chi connectivity index (χ1n) is 11.3. The smallest absolute Gasteiger partial charge is 0.328 e. The number of benzene rings is 3. The summed E-state index contributed by atoms with van der Waals surface area (Å²) in [5.74, 6) is -2.06. The monoisotopic (exact) mass is 528 g/mol. The molecule has 0 radical (unpaired) electrons. The van der Waals surface area contributed by atoms with Gasteiger partial charge in [-0.3, -0.25) is 9.59 Å². The van der Waals surface area contributed by atoms with Gasteiger partial charge in [-0.25, -0.2) is 4.79 Å². The molecule has 0 aliphatic carbocycles. The van der Waals surface area contributed by atoms with Crippen LogP contribution in [-0.4, -0.2) is 42.1 Å². The standard InChI is InChI=1S/C18H19NO3.C10H13NO2.CH4.ClH/c1-13(14-9-5-3-6-10-14)16(18(21)22-2)19-17(20)15-11-7-4-8-12-15;1-7(9(11)10(12)13)8-5-3-2-4-6-8;;/h3-13,16H,1-2H3,(H,19,20);2-7,9H,11H2,1H3,(H,12,13);1H4;1H/t13-,16+;7-,9+;;/m00../s1. The summed E-state index contributed by atoms with van der Waals surface area (Å²) < 4.78 is 4.84. The van der Waals surface area contributed by atoms with Crippen LogP contribution in [0.5, 0.6) is 0 Å². The number of amides is 1. The molecule has 0 saturated heterocycles. The number of carbonyl (C=O) groups excluding carboxylic acids is 2. The number of nitrogens with one attached hydrogen (secondary N) is 1. The fourth-order valence-electron chi connectivity index (χ4n) is 3.46. The van der Waals surface area contributed by atoms with Crippen LogP contribution in [-0.2, 0) is 14.3 Å². The Morgan fingerprint density at radius 2 is 1.19 bits per heavy atom. The van der Waals surface area contributed by atoms with E-state index < -0.39 is 24.0 Å². The number of ether oxygens (including phenoxy) is 1. The lowest BCUT2D eigenvalue weighted by molar-refractivity contribution is -0.143. The highest BCUT2D eigenvalue weighted by Gasteiger charge is 2.29. The van der Waals surface area contributed by atoms with E-state index in [1.165, 1.54) is 7.11 Å². The van der Waals surface area contributed by atoms with Crippen LogP contribution in [0, 0.1) is 0 Å². The maximum Gasteiger partial charge on any atom is 0.328 e. The number of rotatable bonds is 8. The van der Waals surface area contributed by atoms with Crippen LogP contribution in [0.25, 0.3) is 0 Å². The first-order valence-corrected chi connectivity index (χ1v) is 11.3. The summed E-state index contributed by atoms with van der Waals surface area (Å²) in [5, 5.41) is 11.5. The molecule has 3 aromatic carbocycles. The highest BCUT2D eigenvalue weighted by Crippen LogP contribution is 2.20. The van der Waals surface area contributed by atoms with Gasteiger partial charge in [0.25, 0.3) is 5.91 Å². The van der Waals surface area contributed by atoms with Gasteiger partial charge in [0.15, 0.2) is 0 Å². The summed E-state index contributed by atoms with van der Waals surface area (Å²) in [5.41, 5.74) is 7.92. The predicted octanol–water partition coefficient (Wildman–Crippen LogP) is 5.02. The second-order valence-corrected chi connectivity index (χ2v) is 8.10. The van der Waals surface area contributed by atoms with Crippen molar-refractivity contribution in [3.8, 4) is 0 Å². The van der Waals surface area contributed by atoms with E-state index in [-0.39, 0.29) is 37.6 Å². The van der Waals surface area contributed by atoms with Crippen LogP contribution in [0.3, 0.4) is 0 Å². The van der Waals surface area contributed by atoms with E-state index in [4.69, 9.17) is 15.6 Å². The molecule has 3 aromatic rings. The van der Waals surface area contributed by atoms with E-state index in [9.17, 15) is 14.4 Å². The Bertz CT molecular complexity index is 1080. The molecule has 3 rings (SSSR count). The minimum absolute atomic E-state index is 0. The molecule has 7 nitrogen and oxygen atoms in total. The molecule has 4 N–H and O–H groups in total. The fourth-order valence-corrected chi connectivity index (χ4v) is 3.46. The van der Waals surface area contributed by atoms with E-state index >= 15 is 0 Å². The lowest BCUT2D eigenvalue weighted by atomic mass is 9.93. The van der Waals surface area contributed by atoms with Gasteiger partial charge in [0.1, 0.15) is 12.1 Å². The number of nitrogens with two attached hydrogens (primary N) is 1. The molecule has 0 saturated carbocycles. The zero-order valence-corrected chi connectivity index (χ0v) is 21.4. The van der Waals surface area contributed by atoms with E-state index in [1.54, 1.807) is 24.3 Å². The first-order chi connectivity index (χ1) is 16.8. The highest BCUT2D eigenvalue weighted by molar-refractivity contribution is 5.97. The molecular formula is C29H37ClN2O5. The Hall–Kier alpha value is -3.68. The van der Waals surface area contributed by atoms with Crippen LogP contribution in [0.1, 0.15) is 54.6 Å². The topological polar surface area (TPSA) is 119 Å². The third kappa shape index (κ3) is 10.1. The highest BCUT2D eigenvalue weighted by atomic mass is 35.5. The van der Waals surface area contributed by atoms with E-state index in [2.05, 4.69) is 5.32 Å². The van der Waals surface area contributed by atoms with Crippen LogP contribution < -0.4 is 11.1 Å². The zero-order valence-electron chi connectivity index (χ0n) is 20.5. The fraction of sp³-hybridized carbons (Fsp3) is 0.276. The number of aliphatic carboxylic acids is 1. The van der Waals surface area contributed by atoms with Crippen molar-refractivity contribution < 1.29 is 24.2 Å². The third-order valence-electron chi connectivity index (χ3n) is 5.75. The second kappa shape index (κ2) is 16.9. The number of methoxy groups -OCH3 is 1. The summed E-state index contributed by atoms with van der Waals surface area (Å²) >= 11 is 0. The van der Waals surface area contributed by atoms with Crippen molar-refractivity contribution in [1.29, 1.82) is 0 Å². The third-order valence-corrected chi connectivity index (χ3v) is 5.75. The van der Waals surface area contributed by atoms with Gasteiger partial charge < -0.3 is 20.9 Å². The zero-order chi connectivity index (χ0) is 25.8. The van der Waals surface area contributed by atoms with Gasteiger partial charge in [-0.2, -0.15) is 0 Å². The predicted molar refractivity (Wildman–Crippen MR) is 149 cm³/mol. The molecule has 37 heavy (non-hydrogen) atoms. The van der Waals surface area contributed by atoms with Gasteiger partial charge >= 0.3 is 11.9 Å². The molecule has 0 aromatic heterocycles. The number of hydrogen-bond donors (Lipinski definition) is 3. The van der Waals surface area contributed by atoms with Crippen LogP contribution in [0.15, 0.2) is 91.0 Å². The quantitative estimate of drug-likeness (QED) is 0.353. The van der Waals surface area contributed by atoms with Gasteiger partial charge in [-0.05, 0) is 23.3 Å². The van der Waals surface area contributed by atoms with E-state index in [0.29, 0.717) is 5.56 Å². The molecule has 8 heteroatoms. The molecule has 0 aliphatic heterocycles. The molecule has 4 atom stereocenters. The number of carboxylic acid groups (broad SMARTS) is 1.